The van der Waals surface area contributed by atoms with Gasteiger partial charge in [-0.05, 0) is 11.6 Å². The summed E-state index contributed by atoms with van der Waals surface area (Å²) in [4.78, 5) is 4.13. The van der Waals surface area contributed by atoms with Gasteiger partial charge in [-0.1, -0.05) is 19.9 Å². The Morgan fingerprint density at radius 1 is 1.28 bits per heavy atom. The van der Waals surface area contributed by atoms with E-state index in [-0.39, 0.29) is 6.04 Å². The highest BCUT2D eigenvalue weighted by atomic mass is 16.5. The third kappa shape index (κ3) is 3.07. The summed E-state index contributed by atoms with van der Waals surface area (Å²) in [5, 5.41) is 4.09. The number of rotatable bonds is 3. The van der Waals surface area contributed by atoms with Crippen LogP contribution in [0, 0.1) is 0 Å². The van der Waals surface area contributed by atoms with Crippen molar-refractivity contribution in [3.05, 3.63) is 41.9 Å². The van der Waals surface area contributed by atoms with Gasteiger partial charge in [0.2, 0.25) is 5.88 Å². The molecule has 0 aromatic carbocycles. The van der Waals surface area contributed by atoms with Crippen molar-refractivity contribution in [1.82, 2.24) is 14.8 Å². The molecule has 2 aromatic heterocycles. The topological polar surface area (TPSA) is 66.0 Å². The smallest absolute Gasteiger partial charge is 0.212 e. The molecule has 0 bridgehead atoms. The van der Waals surface area contributed by atoms with E-state index in [9.17, 15) is 0 Å². The molecule has 0 aliphatic rings. The van der Waals surface area contributed by atoms with E-state index in [4.69, 9.17) is 10.5 Å². The molecule has 98 valence electrons. The fraction of sp³-hybridized carbons (Fsp3) is 0.385. The van der Waals surface area contributed by atoms with Crippen LogP contribution in [0.25, 0.3) is 0 Å². The maximum atomic E-state index is 6.11. The number of aromatic nitrogens is 3. The van der Waals surface area contributed by atoms with Crippen LogP contribution in [0.2, 0.25) is 0 Å². The van der Waals surface area contributed by atoms with Crippen LogP contribution >= 0.6 is 0 Å². The van der Waals surface area contributed by atoms with Gasteiger partial charge in [0, 0.05) is 25.5 Å². The van der Waals surface area contributed by atoms with Crippen LogP contribution in [0.5, 0.6) is 5.88 Å². The predicted octanol–water partition coefficient (Wildman–Crippen LogP) is 1.90. The largest absolute Gasteiger partial charge is 0.481 e. The minimum atomic E-state index is -0.217. The molecule has 0 amide bonds. The number of ether oxygens (including phenoxy) is 1. The Morgan fingerprint density at radius 3 is 2.44 bits per heavy atom. The second-order valence-electron chi connectivity index (χ2n) is 3.49. The highest BCUT2D eigenvalue weighted by molar-refractivity contribution is 5.27. The number of nitrogens with zero attached hydrogens (tertiary/aromatic N) is 3. The van der Waals surface area contributed by atoms with E-state index in [0.29, 0.717) is 5.88 Å². The maximum Gasteiger partial charge on any atom is 0.212 e. The highest BCUT2D eigenvalue weighted by Crippen LogP contribution is 2.19. The van der Waals surface area contributed by atoms with Crippen LogP contribution in [0.1, 0.15) is 31.1 Å². The van der Waals surface area contributed by atoms with Crippen LogP contribution in [0.4, 0.5) is 0 Å². The third-order valence-electron chi connectivity index (χ3n) is 2.50. The zero-order valence-electron chi connectivity index (χ0n) is 11.3. The van der Waals surface area contributed by atoms with Gasteiger partial charge in [0.15, 0.2) is 0 Å². The van der Waals surface area contributed by atoms with Crippen molar-refractivity contribution in [3.63, 3.8) is 0 Å². The molecule has 0 aliphatic carbocycles. The Kier molecular flexibility index (Phi) is 5.32. The average molecular weight is 248 g/mol. The molecule has 2 rings (SSSR count). The lowest BCUT2D eigenvalue weighted by Crippen LogP contribution is -2.16. The Balaban J connectivity index is 0.000000771. The van der Waals surface area contributed by atoms with E-state index in [0.717, 1.165) is 11.3 Å². The summed E-state index contributed by atoms with van der Waals surface area (Å²) in [6.07, 6.45) is 3.45. The molecule has 0 radical (unpaired) electrons. The first kappa shape index (κ1) is 14.2. The summed E-state index contributed by atoms with van der Waals surface area (Å²) in [5.41, 5.74) is 8.00. The zero-order chi connectivity index (χ0) is 13.5. The third-order valence-corrected chi connectivity index (χ3v) is 2.50. The van der Waals surface area contributed by atoms with Gasteiger partial charge in [0.25, 0.3) is 0 Å². The molecule has 1 unspecified atom stereocenters. The maximum absolute atomic E-state index is 6.11. The molecule has 5 nitrogen and oxygen atoms in total. The number of pyridine rings is 1. The Morgan fingerprint density at radius 2 is 2.00 bits per heavy atom. The molecule has 2 heterocycles. The first-order chi connectivity index (χ1) is 8.72. The van der Waals surface area contributed by atoms with Crippen LogP contribution in [-0.2, 0) is 7.05 Å². The molecule has 0 saturated carbocycles. The number of hydrogen-bond acceptors (Lipinski definition) is 4. The van der Waals surface area contributed by atoms with E-state index in [1.165, 1.54) is 0 Å². The first-order valence-corrected chi connectivity index (χ1v) is 5.96. The van der Waals surface area contributed by atoms with Gasteiger partial charge in [0.05, 0.1) is 18.8 Å². The van der Waals surface area contributed by atoms with Gasteiger partial charge in [-0.15, -0.1) is 0 Å². The minimum Gasteiger partial charge on any atom is -0.481 e. The van der Waals surface area contributed by atoms with Crippen molar-refractivity contribution < 1.29 is 4.74 Å². The molecule has 0 aliphatic heterocycles. The van der Waals surface area contributed by atoms with Gasteiger partial charge in [-0.25, -0.2) is 4.98 Å². The van der Waals surface area contributed by atoms with Gasteiger partial charge in [-0.3, -0.25) is 4.68 Å². The van der Waals surface area contributed by atoms with E-state index < -0.39 is 0 Å². The highest BCUT2D eigenvalue weighted by Gasteiger charge is 2.12. The normalized spacial score (nSPS) is 11.4. The Hall–Kier alpha value is -1.88. The van der Waals surface area contributed by atoms with Crippen LogP contribution in [0.3, 0.4) is 0 Å². The van der Waals surface area contributed by atoms with Gasteiger partial charge >= 0.3 is 0 Å². The Bertz CT molecular complexity index is 464. The quantitative estimate of drug-likeness (QED) is 0.901. The van der Waals surface area contributed by atoms with Crippen LogP contribution in [0.15, 0.2) is 30.6 Å². The second-order valence-corrected chi connectivity index (χ2v) is 3.49. The fourth-order valence-electron chi connectivity index (χ4n) is 1.56. The molecule has 0 spiro atoms. The molecule has 1 atom stereocenters. The number of aryl methyl sites for hydroxylation is 1. The van der Waals surface area contributed by atoms with Gasteiger partial charge in [0.1, 0.15) is 0 Å². The van der Waals surface area contributed by atoms with E-state index in [1.807, 2.05) is 33.0 Å². The molecule has 5 heteroatoms. The summed E-state index contributed by atoms with van der Waals surface area (Å²) < 4.78 is 6.75. The summed E-state index contributed by atoms with van der Waals surface area (Å²) in [6.45, 7) is 4.00. The van der Waals surface area contributed by atoms with Gasteiger partial charge < -0.3 is 10.5 Å². The average Bonchev–Trinajstić information content (AvgIpc) is 2.86. The lowest BCUT2D eigenvalue weighted by atomic mass is 10.1. The van der Waals surface area contributed by atoms with Crippen molar-refractivity contribution in [3.8, 4) is 5.88 Å². The van der Waals surface area contributed by atoms with Crippen LogP contribution in [-0.4, -0.2) is 21.9 Å². The number of nitrogens with two attached hydrogens (primary N) is 1. The fourth-order valence-corrected chi connectivity index (χ4v) is 1.56. The van der Waals surface area contributed by atoms with Crippen molar-refractivity contribution in [2.24, 2.45) is 12.8 Å². The Labute approximate surface area is 108 Å². The monoisotopic (exact) mass is 248 g/mol. The second kappa shape index (κ2) is 6.76. The lowest BCUT2D eigenvalue weighted by Gasteiger charge is -2.12. The van der Waals surface area contributed by atoms with Crippen molar-refractivity contribution in [2.45, 2.75) is 19.9 Å². The van der Waals surface area contributed by atoms with Crippen molar-refractivity contribution in [2.75, 3.05) is 7.11 Å². The summed E-state index contributed by atoms with van der Waals surface area (Å²) >= 11 is 0. The molecule has 0 fully saturated rings. The molecule has 2 aromatic rings. The molecular formula is C13H20N4O. The molecule has 18 heavy (non-hydrogen) atoms. The van der Waals surface area contributed by atoms with Crippen molar-refractivity contribution >= 4 is 0 Å². The van der Waals surface area contributed by atoms with Gasteiger partial charge in [-0.2, -0.15) is 5.10 Å². The predicted molar refractivity (Wildman–Crippen MR) is 71.4 cm³/mol. The van der Waals surface area contributed by atoms with E-state index in [2.05, 4.69) is 10.1 Å². The summed E-state index contributed by atoms with van der Waals surface area (Å²) in [6, 6.07) is 5.38. The SMILES string of the molecule is CC.COc1ccc(C(N)c2ccnn2C)cn1. The lowest BCUT2D eigenvalue weighted by molar-refractivity contribution is 0.397. The zero-order valence-corrected chi connectivity index (χ0v) is 11.3. The summed E-state index contributed by atoms with van der Waals surface area (Å²) in [7, 11) is 3.45. The number of hydrogen-bond donors (Lipinski definition) is 1. The first-order valence-electron chi connectivity index (χ1n) is 5.96. The molecule has 2 N–H and O–H groups in total. The summed E-state index contributed by atoms with van der Waals surface area (Å²) in [5.74, 6) is 0.584. The van der Waals surface area contributed by atoms with Crippen molar-refractivity contribution in [1.29, 1.82) is 0 Å². The number of methoxy groups -OCH3 is 1. The minimum absolute atomic E-state index is 0.217. The standard InChI is InChI=1S/C11H14N4O.C2H6/c1-15-9(5-6-14-15)11(12)8-3-4-10(16-2)13-7-8;1-2/h3-7,11H,12H2,1-2H3;1-2H3. The van der Waals surface area contributed by atoms with Crippen LogP contribution < -0.4 is 10.5 Å². The van der Waals surface area contributed by atoms with E-state index >= 15 is 0 Å². The van der Waals surface area contributed by atoms with E-state index in [1.54, 1.807) is 30.3 Å². The molecular weight excluding hydrogens is 228 g/mol. The molecule has 0 saturated heterocycles.